The van der Waals surface area contributed by atoms with Gasteiger partial charge in [0.2, 0.25) is 0 Å². The average molecular weight is 474 g/mol. The molecular weight excluding hydrogens is 438 g/mol. The van der Waals surface area contributed by atoms with Crippen molar-refractivity contribution in [3.63, 3.8) is 0 Å². The number of piperidine rings is 1. The summed E-state index contributed by atoms with van der Waals surface area (Å²) in [6, 6.07) is 9.94. The predicted octanol–water partition coefficient (Wildman–Crippen LogP) is 5.27. The van der Waals surface area contributed by atoms with Gasteiger partial charge in [-0.2, -0.15) is 5.10 Å². The molecule has 3 aromatic rings. The highest BCUT2D eigenvalue weighted by molar-refractivity contribution is 5.99. The molecule has 7 nitrogen and oxygen atoms in total. The molecule has 0 atom stereocenters. The standard InChI is InChI=1S/C28H35N5O2/c1-18(2)33-25-21(17-29-33)15-28(16-23(25)34)10-12-32(13-11-28)26(35)20-7-6-19-8-9-24(30-22(19)14-20)31-27(3,4)5/h6-9,14,17-18H,10-13,15-16H2,1-5H3,(H,30,31). The molecule has 1 aliphatic carbocycles. The van der Waals surface area contributed by atoms with E-state index in [2.05, 4.69) is 45.0 Å². The molecule has 2 aliphatic rings. The predicted molar refractivity (Wildman–Crippen MR) is 138 cm³/mol. The molecule has 184 valence electrons. The van der Waals surface area contributed by atoms with E-state index in [4.69, 9.17) is 4.98 Å². The van der Waals surface area contributed by atoms with Gasteiger partial charge in [0.15, 0.2) is 5.78 Å². The van der Waals surface area contributed by atoms with Crippen molar-refractivity contribution < 1.29 is 9.59 Å². The molecule has 0 bridgehead atoms. The minimum absolute atomic E-state index is 0.0354. The van der Waals surface area contributed by atoms with E-state index in [1.165, 1.54) is 0 Å². The van der Waals surface area contributed by atoms with Crippen LogP contribution in [0.1, 0.15) is 86.3 Å². The number of fused-ring (bicyclic) bond motifs is 2. The number of likely N-dealkylation sites (tertiary alicyclic amines) is 1. The lowest BCUT2D eigenvalue weighted by molar-refractivity contribution is 0.0517. The molecule has 0 saturated carbocycles. The molecule has 5 rings (SSSR count). The first-order valence-corrected chi connectivity index (χ1v) is 12.6. The minimum atomic E-state index is -0.0907. The molecule has 0 unspecified atom stereocenters. The van der Waals surface area contributed by atoms with E-state index >= 15 is 0 Å². The van der Waals surface area contributed by atoms with Gasteiger partial charge in [0.1, 0.15) is 11.5 Å². The molecule has 3 heterocycles. The van der Waals surface area contributed by atoms with Gasteiger partial charge in [0, 0.05) is 47.6 Å². The molecule has 0 radical (unpaired) electrons. The summed E-state index contributed by atoms with van der Waals surface area (Å²) in [7, 11) is 0. The van der Waals surface area contributed by atoms with Crippen LogP contribution >= 0.6 is 0 Å². The van der Waals surface area contributed by atoms with E-state index in [1.807, 2.05) is 46.1 Å². The third kappa shape index (κ3) is 4.56. The fourth-order valence-electron chi connectivity index (χ4n) is 5.54. The summed E-state index contributed by atoms with van der Waals surface area (Å²) in [6.45, 7) is 11.7. The lowest BCUT2D eigenvalue weighted by atomic mass is 9.67. The monoisotopic (exact) mass is 473 g/mol. The van der Waals surface area contributed by atoms with E-state index in [9.17, 15) is 9.59 Å². The molecule has 1 aromatic carbocycles. The lowest BCUT2D eigenvalue weighted by Gasteiger charge is -2.43. The lowest BCUT2D eigenvalue weighted by Crippen LogP contribution is -2.46. The number of aromatic nitrogens is 3. The number of hydrogen-bond donors (Lipinski definition) is 1. The number of pyridine rings is 1. The Balaban J connectivity index is 1.30. The van der Waals surface area contributed by atoms with Crippen molar-refractivity contribution in [2.75, 3.05) is 18.4 Å². The SMILES string of the molecule is CC(C)n1ncc2c1C(=O)CC1(CCN(C(=O)c3ccc4ccc(NC(C)(C)C)nc4c3)CC1)C2. The maximum atomic E-state index is 13.4. The van der Waals surface area contributed by atoms with E-state index < -0.39 is 0 Å². The van der Waals surface area contributed by atoms with Gasteiger partial charge >= 0.3 is 0 Å². The summed E-state index contributed by atoms with van der Waals surface area (Å²) >= 11 is 0. The Bertz CT molecular complexity index is 1290. The van der Waals surface area contributed by atoms with Gasteiger partial charge in [-0.05, 0) is 83.6 Å². The van der Waals surface area contributed by atoms with Crippen LogP contribution < -0.4 is 5.32 Å². The second-order valence-corrected chi connectivity index (χ2v) is 11.6. The summed E-state index contributed by atoms with van der Waals surface area (Å²) in [5, 5.41) is 8.89. The molecule has 7 heteroatoms. The minimum Gasteiger partial charge on any atom is -0.365 e. The van der Waals surface area contributed by atoms with E-state index in [-0.39, 0.29) is 28.7 Å². The highest BCUT2D eigenvalue weighted by Gasteiger charge is 2.43. The maximum absolute atomic E-state index is 13.4. The normalized spacial score (nSPS) is 17.8. The Hall–Kier alpha value is -3.22. The summed E-state index contributed by atoms with van der Waals surface area (Å²) in [5.41, 5.74) is 3.17. The number of nitrogens with one attached hydrogen (secondary N) is 1. The van der Waals surface area contributed by atoms with Crippen molar-refractivity contribution in [2.45, 2.75) is 71.9 Å². The van der Waals surface area contributed by atoms with Gasteiger partial charge in [-0.15, -0.1) is 0 Å². The van der Waals surface area contributed by atoms with Crippen LogP contribution in [0.5, 0.6) is 0 Å². The molecule has 35 heavy (non-hydrogen) atoms. The topological polar surface area (TPSA) is 80.1 Å². The third-order valence-electron chi connectivity index (χ3n) is 7.28. The largest absolute Gasteiger partial charge is 0.365 e. The zero-order chi connectivity index (χ0) is 25.0. The Kier molecular flexibility index (Phi) is 5.69. The number of nitrogens with zero attached hydrogens (tertiary/aromatic N) is 4. The second-order valence-electron chi connectivity index (χ2n) is 11.6. The number of rotatable bonds is 3. The Morgan fingerprint density at radius 1 is 1.09 bits per heavy atom. The van der Waals surface area contributed by atoms with E-state index in [1.54, 1.807) is 0 Å². The van der Waals surface area contributed by atoms with Crippen LogP contribution in [-0.2, 0) is 6.42 Å². The van der Waals surface area contributed by atoms with Crippen LogP contribution in [-0.4, -0.2) is 50.0 Å². The smallest absolute Gasteiger partial charge is 0.253 e. The number of carbonyl (C=O) groups is 2. The van der Waals surface area contributed by atoms with Crippen LogP contribution in [0.3, 0.4) is 0 Å². The fraction of sp³-hybridized carbons (Fsp3) is 0.500. The van der Waals surface area contributed by atoms with Gasteiger partial charge in [-0.3, -0.25) is 14.3 Å². The first kappa shape index (κ1) is 23.5. The number of carbonyl (C=O) groups excluding carboxylic acids is 2. The van der Waals surface area contributed by atoms with Gasteiger partial charge in [-0.25, -0.2) is 4.98 Å². The molecular formula is C28H35N5O2. The molecule has 1 aliphatic heterocycles. The van der Waals surface area contributed by atoms with Gasteiger partial charge in [0.05, 0.1) is 11.7 Å². The van der Waals surface area contributed by atoms with Gasteiger partial charge in [-0.1, -0.05) is 6.07 Å². The number of amides is 1. The Labute approximate surface area is 206 Å². The zero-order valence-corrected chi connectivity index (χ0v) is 21.4. The van der Waals surface area contributed by atoms with Crippen LogP contribution in [0.2, 0.25) is 0 Å². The van der Waals surface area contributed by atoms with Crippen LogP contribution in [0, 0.1) is 5.41 Å². The Morgan fingerprint density at radius 3 is 2.49 bits per heavy atom. The molecule has 1 spiro atoms. The van der Waals surface area contributed by atoms with Crippen molar-refractivity contribution in [3.8, 4) is 0 Å². The molecule has 1 saturated heterocycles. The number of hydrogen-bond acceptors (Lipinski definition) is 5. The van der Waals surface area contributed by atoms with Crippen LogP contribution in [0.4, 0.5) is 5.82 Å². The van der Waals surface area contributed by atoms with E-state index in [0.29, 0.717) is 25.1 Å². The zero-order valence-electron chi connectivity index (χ0n) is 21.4. The van der Waals surface area contributed by atoms with Crippen molar-refractivity contribution >= 4 is 28.4 Å². The Morgan fingerprint density at radius 2 is 1.80 bits per heavy atom. The quantitative estimate of drug-likeness (QED) is 0.560. The first-order valence-electron chi connectivity index (χ1n) is 12.6. The average Bonchev–Trinajstić information content (AvgIpc) is 3.22. The van der Waals surface area contributed by atoms with Crippen molar-refractivity contribution in [1.82, 2.24) is 19.7 Å². The maximum Gasteiger partial charge on any atom is 0.253 e. The number of anilines is 1. The molecule has 1 amide bonds. The molecule has 1 fully saturated rings. The highest BCUT2D eigenvalue weighted by atomic mass is 16.2. The van der Waals surface area contributed by atoms with E-state index in [0.717, 1.165) is 47.2 Å². The van der Waals surface area contributed by atoms with Crippen LogP contribution in [0.25, 0.3) is 10.9 Å². The fourth-order valence-corrected chi connectivity index (χ4v) is 5.54. The number of ketones is 1. The van der Waals surface area contributed by atoms with Gasteiger partial charge < -0.3 is 10.2 Å². The van der Waals surface area contributed by atoms with Crippen LogP contribution in [0.15, 0.2) is 36.5 Å². The molecule has 1 N–H and O–H groups in total. The summed E-state index contributed by atoms with van der Waals surface area (Å²) < 4.78 is 1.86. The number of benzene rings is 1. The number of Topliss-reactive ketones (excluding diaryl/α,β-unsaturated/α-hetero) is 1. The molecule has 2 aromatic heterocycles. The summed E-state index contributed by atoms with van der Waals surface area (Å²) in [6.07, 6.45) is 4.96. The third-order valence-corrected chi connectivity index (χ3v) is 7.28. The van der Waals surface area contributed by atoms with Crippen molar-refractivity contribution in [3.05, 3.63) is 53.3 Å². The van der Waals surface area contributed by atoms with Gasteiger partial charge in [0.25, 0.3) is 5.91 Å². The van der Waals surface area contributed by atoms with Crippen molar-refractivity contribution in [1.29, 1.82) is 0 Å². The summed E-state index contributed by atoms with van der Waals surface area (Å²) in [4.78, 5) is 33.1. The summed E-state index contributed by atoms with van der Waals surface area (Å²) in [5.74, 6) is 1.03. The highest BCUT2D eigenvalue weighted by Crippen LogP contribution is 2.44. The second kappa shape index (κ2) is 8.47. The van der Waals surface area contributed by atoms with Crippen molar-refractivity contribution in [2.24, 2.45) is 5.41 Å². The first-order chi connectivity index (χ1) is 16.5.